The number of aliphatic hydroxyl groups is 1. The van der Waals surface area contributed by atoms with Gasteiger partial charge in [0.2, 0.25) is 0 Å². The molecule has 1 saturated heterocycles. The molecule has 3 rings (SSSR count). The maximum absolute atomic E-state index is 9.23. The predicted octanol–water partition coefficient (Wildman–Crippen LogP) is 0.315. The SMILES string of the molecule is CC1COC(CO)CN1c1nccn2nccc12. The molecule has 0 saturated carbocycles. The zero-order valence-corrected chi connectivity index (χ0v) is 10.2. The van der Waals surface area contributed by atoms with E-state index in [1.807, 2.05) is 12.3 Å². The molecular formula is C12H16N4O2. The van der Waals surface area contributed by atoms with Gasteiger partial charge in [-0.05, 0) is 13.0 Å². The molecule has 0 radical (unpaired) electrons. The van der Waals surface area contributed by atoms with Crippen LogP contribution in [-0.2, 0) is 4.74 Å². The molecule has 2 aromatic rings. The van der Waals surface area contributed by atoms with Crippen LogP contribution < -0.4 is 4.90 Å². The van der Waals surface area contributed by atoms with Gasteiger partial charge in [0, 0.05) is 18.9 Å². The van der Waals surface area contributed by atoms with E-state index in [0.717, 1.165) is 11.3 Å². The first-order valence-electron chi connectivity index (χ1n) is 6.07. The van der Waals surface area contributed by atoms with Crippen molar-refractivity contribution in [3.63, 3.8) is 0 Å². The number of aromatic nitrogens is 3. The lowest BCUT2D eigenvalue weighted by Crippen LogP contribution is -2.50. The van der Waals surface area contributed by atoms with E-state index < -0.39 is 0 Å². The van der Waals surface area contributed by atoms with Crippen LogP contribution in [0.1, 0.15) is 6.92 Å². The minimum atomic E-state index is -0.147. The van der Waals surface area contributed by atoms with Crippen LogP contribution in [0.25, 0.3) is 5.52 Å². The third kappa shape index (κ3) is 1.83. The Hall–Kier alpha value is -1.66. The molecule has 0 amide bonds. The molecule has 2 unspecified atom stereocenters. The summed E-state index contributed by atoms with van der Waals surface area (Å²) < 4.78 is 7.35. The molecule has 0 bridgehead atoms. The number of rotatable bonds is 2. The van der Waals surface area contributed by atoms with Crippen LogP contribution in [-0.4, -0.2) is 51.6 Å². The molecule has 1 aliphatic heterocycles. The van der Waals surface area contributed by atoms with E-state index in [-0.39, 0.29) is 18.8 Å². The van der Waals surface area contributed by atoms with Crippen molar-refractivity contribution in [2.45, 2.75) is 19.1 Å². The number of hydrogen-bond donors (Lipinski definition) is 1. The maximum atomic E-state index is 9.23. The lowest BCUT2D eigenvalue weighted by molar-refractivity contribution is -0.0105. The summed E-state index contributed by atoms with van der Waals surface area (Å²) in [5, 5.41) is 13.4. The normalized spacial score (nSPS) is 24.7. The van der Waals surface area contributed by atoms with Crippen molar-refractivity contribution in [1.29, 1.82) is 0 Å². The van der Waals surface area contributed by atoms with Crippen molar-refractivity contribution in [3.05, 3.63) is 24.7 Å². The first kappa shape index (κ1) is 11.4. The molecule has 0 aromatic carbocycles. The summed E-state index contributed by atoms with van der Waals surface area (Å²) in [7, 11) is 0. The second-order valence-corrected chi connectivity index (χ2v) is 4.55. The first-order valence-corrected chi connectivity index (χ1v) is 6.07. The Morgan fingerprint density at radius 2 is 2.39 bits per heavy atom. The summed E-state index contributed by atoms with van der Waals surface area (Å²) in [6, 6.07) is 2.18. The van der Waals surface area contributed by atoms with E-state index >= 15 is 0 Å². The quantitative estimate of drug-likeness (QED) is 0.829. The van der Waals surface area contributed by atoms with E-state index in [1.165, 1.54) is 0 Å². The molecule has 1 aliphatic rings. The van der Waals surface area contributed by atoms with Crippen molar-refractivity contribution < 1.29 is 9.84 Å². The molecule has 1 N–H and O–H groups in total. The minimum absolute atomic E-state index is 0.0333. The van der Waals surface area contributed by atoms with E-state index in [9.17, 15) is 5.11 Å². The third-order valence-electron chi connectivity index (χ3n) is 3.29. The van der Waals surface area contributed by atoms with Crippen molar-refractivity contribution in [2.75, 3.05) is 24.7 Å². The summed E-state index contributed by atoms with van der Waals surface area (Å²) in [6.07, 6.45) is 5.18. The Bertz CT molecular complexity index is 542. The Morgan fingerprint density at radius 3 is 3.22 bits per heavy atom. The van der Waals surface area contributed by atoms with Crippen molar-refractivity contribution in [1.82, 2.24) is 14.6 Å². The highest BCUT2D eigenvalue weighted by Crippen LogP contribution is 2.23. The lowest BCUT2D eigenvalue weighted by Gasteiger charge is -2.38. The fraction of sp³-hybridized carbons (Fsp3) is 0.500. The minimum Gasteiger partial charge on any atom is -0.394 e. The topological polar surface area (TPSA) is 62.9 Å². The molecular weight excluding hydrogens is 232 g/mol. The smallest absolute Gasteiger partial charge is 0.155 e. The van der Waals surface area contributed by atoms with E-state index in [4.69, 9.17) is 4.74 Å². The monoisotopic (exact) mass is 248 g/mol. The summed E-state index contributed by atoms with van der Waals surface area (Å²) in [4.78, 5) is 6.62. The molecule has 0 spiro atoms. The highest BCUT2D eigenvalue weighted by molar-refractivity contribution is 5.68. The lowest BCUT2D eigenvalue weighted by atomic mass is 10.2. The summed E-state index contributed by atoms with van der Waals surface area (Å²) >= 11 is 0. The standard InChI is InChI=1S/C12H16N4O2/c1-9-8-18-10(7-17)6-15(9)12-11-2-3-14-16(11)5-4-13-12/h2-5,9-10,17H,6-8H2,1H3. The number of nitrogens with zero attached hydrogens (tertiary/aromatic N) is 4. The van der Waals surface area contributed by atoms with Gasteiger partial charge in [0.1, 0.15) is 5.52 Å². The van der Waals surface area contributed by atoms with Gasteiger partial charge in [-0.25, -0.2) is 9.50 Å². The number of hydrogen-bond acceptors (Lipinski definition) is 5. The Balaban J connectivity index is 1.99. The molecule has 96 valence electrons. The van der Waals surface area contributed by atoms with Crippen LogP contribution in [0.15, 0.2) is 24.7 Å². The molecule has 0 aliphatic carbocycles. The molecule has 2 aromatic heterocycles. The van der Waals surface area contributed by atoms with Gasteiger partial charge in [0.25, 0.3) is 0 Å². The number of aliphatic hydroxyl groups excluding tert-OH is 1. The zero-order chi connectivity index (χ0) is 12.5. The molecule has 18 heavy (non-hydrogen) atoms. The third-order valence-corrected chi connectivity index (χ3v) is 3.29. The van der Waals surface area contributed by atoms with Gasteiger partial charge in [-0.3, -0.25) is 0 Å². The fourth-order valence-corrected chi connectivity index (χ4v) is 2.29. The van der Waals surface area contributed by atoms with Crippen LogP contribution in [0.2, 0.25) is 0 Å². The highest BCUT2D eigenvalue weighted by atomic mass is 16.5. The second kappa shape index (κ2) is 4.55. The number of ether oxygens (including phenoxy) is 1. The largest absolute Gasteiger partial charge is 0.394 e. The van der Waals surface area contributed by atoms with Gasteiger partial charge in [-0.15, -0.1) is 0 Å². The van der Waals surface area contributed by atoms with E-state index in [1.54, 1.807) is 16.9 Å². The van der Waals surface area contributed by atoms with Crippen molar-refractivity contribution >= 4 is 11.3 Å². The molecule has 3 heterocycles. The summed E-state index contributed by atoms with van der Waals surface area (Å²) in [5.74, 6) is 0.893. The first-order chi connectivity index (χ1) is 8.79. The molecule has 1 fully saturated rings. The molecule has 6 heteroatoms. The number of fused-ring (bicyclic) bond motifs is 1. The number of anilines is 1. The van der Waals surface area contributed by atoms with Crippen molar-refractivity contribution in [2.24, 2.45) is 0 Å². The highest BCUT2D eigenvalue weighted by Gasteiger charge is 2.27. The van der Waals surface area contributed by atoms with Crippen molar-refractivity contribution in [3.8, 4) is 0 Å². The Labute approximate surface area is 105 Å². The average Bonchev–Trinajstić information content (AvgIpc) is 2.87. The Kier molecular flexibility index (Phi) is 2.89. The average molecular weight is 248 g/mol. The molecule has 6 nitrogen and oxygen atoms in total. The van der Waals surface area contributed by atoms with Gasteiger partial charge in [0.05, 0.1) is 31.6 Å². The van der Waals surface area contributed by atoms with Gasteiger partial charge in [0.15, 0.2) is 5.82 Å². The van der Waals surface area contributed by atoms with Crippen LogP contribution in [0.4, 0.5) is 5.82 Å². The Morgan fingerprint density at radius 1 is 1.50 bits per heavy atom. The van der Waals surface area contributed by atoms with Gasteiger partial charge >= 0.3 is 0 Å². The van der Waals surface area contributed by atoms with Crippen LogP contribution in [0.3, 0.4) is 0 Å². The maximum Gasteiger partial charge on any atom is 0.155 e. The summed E-state index contributed by atoms with van der Waals surface area (Å²) in [6.45, 7) is 3.37. The van der Waals surface area contributed by atoms with Gasteiger partial charge in [-0.2, -0.15) is 5.10 Å². The molecule has 2 atom stereocenters. The summed E-state index contributed by atoms with van der Waals surface area (Å²) in [5.41, 5.74) is 0.975. The second-order valence-electron chi connectivity index (χ2n) is 4.55. The zero-order valence-electron chi connectivity index (χ0n) is 10.2. The van der Waals surface area contributed by atoms with Gasteiger partial charge < -0.3 is 14.7 Å². The van der Waals surface area contributed by atoms with Crippen LogP contribution in [0.5, 0.6) is 0 Å². The predicted molar refractivity (Wildman–Crippen MR) is 66.6 cm³/mol. The van der Waals surface area contributed by atoms with Crippen LogP contribution >= 0.6 is 0 Å². The fourth-order valence-electron chi connectivity index (χ4n) is 2.29. The van der Waals surface area contributed by atoms with Crippen LogP contribution in [0, 0.1) is 0 Å². The van der Waals surface area contributed by atoms with E-state index in [0.29, 0.717) is 13.2 Å². The van der Waals surface area contributed by atoms with E-state index in [2.05, 4.69) is 21.9 Å². The van der Waals surface area contributed by atoms with Gasteiger partial charge in [-0.1, -0.05) is 0 Å². The number of morpholine rings is 1.